The van der Waals surface area contributed by atoms with Gasteiger partial charge in [-0.25, -0.2) is 4.79 Å². The van der Waals surface area contributed by atoms with Gasteiger partial charge in [-0.05, 0) is 51.9 Å². The number of likely N-dealkylation sites (N-methyl/N-ethyl adjacent to an activating group) is 1. The number of carbonyl (C=O) groups is 1. The molecule has 0 unspecified atom stereocenters. The lowest BCUT2D eigenvalue weighted by Gasteiger charge is -2.34. The van der Waals surface area contributed by atoms with Gasteiger partial charge in [0.15, 0.2) is 0 Å². The highest BCUT2D eigenvalue weighted by Gasteiger charge is 2.16. The standard InChI is InChI=1S/C18H29N3O2/c1-18(2,3)23-17(22)19-10-9-15-5-7-16(8-6-15)21-13-11-20(4)12-14-21/h5-8H,9-14H2,1-4H3,(H,19,22). The number of alkyl carbamates (subject to hydrolysis) is 1. The maximum absolute atomic E-state index is 11.6. The van der Waals surface area contributed by atoms with Crippen LogP contribution in [0.25, 0.3) is 0 Å². The predicted molar refractivity (Wildman–Crippen MR) is 94.1 cm³/mol. The van der Waals surface area contributed by atoms with Gasteiger partial charge in [-0.15, -0.1) is 0 Å². The van der Waals surface area contributed by atoms with Crippen LogP contribution in [0.5, 0.6) is 0 Å². The van der Waals surface area contributed by atoms with Gasteiger partial charge in [-0.3, -0.25) is 0 Å². The first-order chi connectivity index (χ1) is 10.8. The molecule has 1 heterocycles. The molecule has 0 spiro atoms. The van der Waals surface area contributed by atoms with E-state index in [-0.39, 0.29) is 6.09 Å². The van der Waals surface area contributed by atoms with Crippen molar-refractivity contribution in [2.45, 2.75) is 32.8 Å². The van der Waals surface area contributed by atoms with E-state index in [4.69, 9.17) is 4.74 Å². The summed E-state index contributed by atoms with van der Waals surface area (Å²) in [7, 11) is 2.16. The van der Waals surface area contributed by atoms with E-state index < -0.39 is 5.60 Å². The zero-order valence-electron chi connectivity index (χ0n) is 14.8. The summed E-state index contributed by atoms with van der Waals surface area (Å²) in [6.07, 6.45) is 0.453. The molecule has 0 saturated carbocycles. The van der Waals surface area contributed by atoms with Gasteiger partial charge < -0.3 is 19.9 Å². The molecule has 2 rings (SSSR count). The molecule has 128 valence electrons. The molecule has 0 aromatic heterocycles. The number of benzene rings is 1. The number of piperazine rings is 1. The number of hydrogen-bond acceptors (Lipinski definition) is 4. The zero-order valence-corrected chi connectivity index (χ0v) is 14.8. The summed E-state index contributed by atoms with van der Waals surface area (Å²) in [6.45, 7) is 10.6. The Morgan fingerprint density at radius 1 is 1.13 bits per heavy atom. The predicted octanol–water partition coefficient (Wildman–Crippen LogP) is 2.51. The fourth-order valence-electron chi connectivity index (χ4n) is 2.56. The van der Waals surface area contributed by atoms with Crippen molar-refractivity contribution in [2.24, 2.45) is 0 Å². The monoisotopic (exact) mass is 319 g/mol. The summed E-state index contributed by atoms with van der Waals surface area (Å²) >= 11 is 0. The molecule has 5 heteroatoms. The lowest BCUT2D eigenvalue weighted by Crippen LogP contribution is -2.44. The van der Waals surface area contributed by atoms with Crippen LogP contribution in [0.1, 0.15) is 26.3 Å². The van der Waals surface area contributed by atoms with Crippen LogP contribution in [0.2, 0.25) is 0 Å². The molecule has 1 amide bonds. The summed E-state index contributed by atoms with van der Waals surface area (Å²) in [4.78, 5) is 16.4. The minimum atomic E-state index is -0.450. The SMILES string of the molecule is CN1CCN(c2ccc(CCNC(=O)OC(C)(C)C)cc2)CC1. The number of nitrogens with zero attached hydrogens (tertiary/aromatic N) is 2. The van der Waals surface area contributed by atoms with Crippen molar-refractivity contribution >= 4 is 11.8 Å². The number of amides is 1. The molecule has 1 fully saturated rings. The van der Waals surface area contributed by atoms with Crippen LogP contribution in [0, 0.1) is 0 Å². The van der Waals surface area contributed by atoms with Crippen LogP contribution in [0.3, 0.4) is 0 Å². The van der Waals surface area contributed by atoms with Gasteiger partial charge in [0.2, 0.25) is 0 Å². The molecule has 5 nitrogen and oxygen atoms in total. The van der Waals surface area contributed by atoms with E-state index >= 15 is 0 Å². The van der Waals surface area contributed by atoms with Gasteiger partial charge in [0.1, 0.15) is 5.60 Å². The minimum Gasteiger partial charge on any atom is -0.444 e. The molecule has 1 N–H and O–H groups in total. The van der Waals surface area contributed by atoms with Crippen molar-refractivity contribution in [2.75, 3.05) is 44.7 Å². The molecular weight excluding hydrogens is 290 g/mol. The number of anilines is 1. The van der Waals surface area contributed by atoms with E-state index in [1.54, 1.807) is 0 Å². The summed E-state index contributed by atoms with van der Waals surface area (Å²) in [5.74, 6) is 0. The van der Waals surface area contributed by atoms with E-state index in [1.165, 1.54) is 11.3 Å². The fraction of sp³-hybridized carbons (Fsp3) is 0.611. The third-order valence-corrected chi connectivity index (χ3v) is 3.89. The molecule has 0 radical (unpaired) electrons. The molecule has 0 bridgehead atoms. The lowest BCUT2D eigenvalue weighted by molar-refractivity contribution is 0.0528. The first-order valence-corrected chi connectivity index (χ1v) is 8.33. The van der Waals surface area contributed by atoms with E-state index in [0.717, 1.165) is 32.6 Å². The molecule has 1 aromatic rings. The number of rotatable bonds is 4. The Kier molecular flexibility index (Phi) is 5.88. The van der Waals surface area contributed by atoms with Crippen LogP contribution < -0.4 is 10.2 Å². The highest BCUT2D eigenvalue weighted by atomic mass is 16.6. The number of nitrogens with one attached hydrogen (secondary N) is 1. The Hall–Kier alpha value is -1.75. The Labute approximate surface area is 139 Å². The molecule has 1 aliphatic heterocycles. The van der Waals surface area contributed by atoms with E-state index in [2.05, 4.69) is 46.4 Å². The van der Waals surface area contributed by atoms with Crippen LogP contribution in [0.4, 0.5) is 10.5 Å². The van der Waals surface area contributed by atoms with Gasteiger partial charge >= 0.3 is 6.09 Å². The number of ether oxygens (including phenoxy) is 1. The summed E-state index contributed by atoms with van der Waals surface area (Å²) in [5, 5.41) is 2.79. The van der Waals surface area contributed by atoms with E-state index in [1.807, 2.05) is 20.8 Å². The Morgan fingerprint density at radius 2 is 1.74 bits per heavy atom. The molecule has 1 aliphatic rings. The van der Waals surface area contributed by atoms with Crippen molar-refractivity contribution in [1.82, 2.24) is 10.2 Å². The Bertz CT molecular complexity index is 500. The average molecular weight is 319 g/mol. The molecule has 0 aliphatic carbocycles. The number of carbonyl (C=O) groups excluding carboxylic acids is 1. The molecule has 0 atom stereocenters. The molecule has 1 saturated heterocycles. The number of hydrogen-bond donors (Lipinski definition) is 1. The molecule has 23 heavy (non-hydrogen) atoms. The smallest absolute Gasteiger partial charge is 0.407 e. The van der Waals surface area contributed by atoms with Crippen molar-refractivity contribution in [3.8, 4) is 0 Å². The average Bonchev–Trinajstić information content (AvgIpc) is 2.47. The maximum atomic E-state index is 11.6. The second-order valence-electron chi connectivity index (χ2n) is 7.14. The quantitative estimate of drug-likeness (QED) is 0.926. The van der Waals surface area contributed by atoms with E-state index in [0.29, 0.717) is 6.54 Å². The van der Waals surface area contributed by atoms with Crippen LogP contribution in [0.15, 0.2) is 24.3 Å². The summed E-state index contributed by atoms with van der Waals surface area (Å²) < 4.78 is 5.22. The summed E-state index contributed by atoms with van der Waals surface area (Å²) in [6, 6.07) is 8.64. The van der Waals surface area contributed by atoms with Crippen molar-refractivity contribution in [3.05, 3.63) is 29.8 Å². The van der Waals surface area contributed by atoms with Gasteiger partial charge in [-0.1, -0.05) is 12.1 Å². The van der Waals surface area contributed by atoms with Crippen molar-refractivity contribution in [1.29, 1.82) is 0 Å². The highest BCUT2D eigenvalue weighted by Crippen LogP contribution is 2.17. The van der Waals surface area contributed by atoms with Crippen molar-refractivity contribution < 1.29 is 9.53 Å². The summed E-state index contributed by atoms with van der Waals surface area (Å²) in [5.41, 5.74) is 2.05. The second kappa shape index (κ2) is 7.68. The van der Waals surface area contributed by atoms with Crippen LogP contribution >= 0.6 is 0 Å². The maximum Gasteiger partial charge on any atom is 0.407 e. The largest absolute Gasteiger partial charge is 0.444 e. The Morgan fingerprint density at radius 3 is 2.30 bits per heavy atom. The van der Waals surface area contributed by atoms with Gasteiger partial charge in [0, 0.05) is 38.4 Å². The topological polar surface area (TPSA) is 44.8 Å². The third kappa shape index (κ3) is 6.10. The van der Waals surface area contributed by atoms with Gasteiger partial charge in [0.05, 0.1) is 0 Å². The lowest BCUT2D eigenvalue weighted by atomic mass is 10.1. The van der Waals surface area contributed by atoms with E-state index in [9.17, 15) is 4.79 Å². The van der Waals surface area contributed by atoms with Crippen molar-refractivity contribution in [3.63, 3.8) is 0 Å². The third-order valence-electron chi connectivity index (χ3n) is 3.89. The molecule has 1 aromatic carbocycles. The molecular formula is C18H29N3O2. The van der Waals surface area contributed by atoms with Gasteiger partial charge in [-0.2, -0.15) is 0 Å². The van der Waals surface area contributed by atoms with Crippen LogP contribution in [-0.4, -0.2) is 56.4 Å². The zero-order chi connectivity index (χ0) is 16.9. The fourth-order valence-corrected chi connectivity index (χ4v) is 2.56. The van der Waals surface area contributed by atoms with Crippen LogP contribution in [-0.2, 0) is 11.2 Å². The first kappa shape index (κ1) is 17.6. The normalized spacial score (nSPS) is 16.3. The highest BCUT2D eigenvalue weighted by molar-refractivity contribution is 5.67. The van der Waals surface area contributed by atoms with Gasteiger partial charge in [0.25, 0.3) is 0 Å². The minimum absolute atomic E-state index is 0.355. The second-order valence-corrected chi connectivity index (χ2v) is 7.14. The first-order valence-electron chi connectivity index (χ1n) is 8.33. The Balaban J connectivity index is 1.76.